The number of halogens is 2. The van der Waals surface area contributed by atoms with Crippen LogP contribution in [0.5, 0.6) is 0 Å². The fourth-order valence-electron chi connectivity index (χ4n) is 4.14. The van der Waals surface area contributed by atoms with Crippen molar-refractivity contribution in [1.82, 2.24) is 34.1 Å². The zero-order chi connectivity index (χ0) is 24.1. The smallest absolute Gasteiger partial charge is 0.223 e. The van der Waals surface area contributed by atoms with Gasteiger partial charge in [-0.05, 0) is 54.1 Å². The van der Waals surface area contributed by atoms with Crippen molar-refractivity contribution in [3.05, 3.63) is 90.3 Å². The molecule has 0 bridgehead atoms. The number of nitrogens with two attached hydrogens (primary N) is 1. The Morgan fingerprint density at radius 2 is 1.74 bits per heavy atom. The highest BCUT2D eigenvalue weighted by atomic mass is 19.1. The van der Waals surface area contributed by atoms with Crippen LogP contribution in [0.1, 0.15) is 11.5 Å². The van der Waals surface area contributed by atoms with Crippen molar-refractivity contribution < 1.29 is 8.78 Å². The third-order valence-electron chi connectivity index (χ3n) is 5.85. The molecule has 10 heteroatoms. The van der Waals surface area contributed by atoms with Gasteiger partial charge in [0.05, 0.1) is 40.7 Å². The van der Waals surface area contributed by atoms with Gasteiger partial charge in [0.1, 0.15) is 11.6 Å². The predicted octanol–water partition coefficient (Wildman–Crippen LogP) is 4.19. The summed E-state index contributed by atoms with van der Waals surface area (Å²) in [5.74, 6) is -0.353. The average Bonchev–Trinajstić information content (AvgIpc) is 3.45. The predicted molar refractivity (Wildman–Crippen MR) is 127 cm³/mol. The molecular formula is C25H18F2N8. The van der Waals surface area contributed by atoms with E-state index < -0.39 is 5.82 Å². The summed E-state index contributed by atoms with van der Waals surface area (Å²) in [5.41, 5.74) is 11.4. The molecule has 6 aromatic rings. The number of rotatable bonds is 4. The maximum Gasteiger partial charge on any atom is 0.223 e. The molecular weight excluding hydrogens is 450 g/mol. The molecule has 0 saturated heterocycles. The number of benzene rings is 2. The van der Waals surface area contributed by atoms with Crippen LogP contribution >= 0.6 is 0 Å². The molecule has 2 N–H and O–H groups in total. The van der Waals surface area contributed by atoms with Crippen LogP contribution in [0.4, 0.5) is 14.7 Å². The van der Waals surface area contributed by atoms with Gasteiger partial charge in [-0.15, -0.1) is 5.10 Å². The van der Waals surface area contributed by atoms with Gasteiger partial charge in [0.15, 0.2) is 11.5 Å². The average molecular weight is 468 g/mol. The van der Waals surface area contributed by atoms with Crippen LogP contribution in [0.25, 0.3) is 39.1 Å². The lowest BCUT2D eigenvalue weighted by molar-refractivity contribution is 0.601. The summed E-state index contributed by atoms with van der Waals surface area (Å²) >= 11 is 0. The molecule has 0 aliphatic rings. The van der Waals surface area contributed by atoms with E-state index in [2.05, 4.69) is 20.1 Å². The zero-order valence-electron chi connectivity index (χ0n) is 18.5. The molecule has 4 heterocycles. The van der Waals surface area contributed by atoms with Gasteiger partial charge in [-0.2, -0.15) is 4.52 Å². The summed E-state index contributed by atoms with van der Waals surface area (Å²) in [6, 6.07) is 14.7. The Morgan fingerprint density at radius 3 is 2.54 bits per heavy atom. The highest BCUT2D eigenvalue weighted by Crippen LogP contribution is 2.36. The molecule has 0 saturated carbocycles. The quantitative estimate of drug-likeness (QED) is 0.416. The molecule has 0 fully saturated rings. The topological polar surface area (TPSA) is 99.8 Å². The fraction of sp³-hybridized carbons (Fsp3) is 0.0800. The molecule has 8 nitrogen and oxygen atoms in total. The number of pyridine rings is 1. The van der Waals surface area contributed by atoms with Gasteiger partial charge >= 0.3 is 0 Å². The first-order valence-electron chi connectivity index (χ1n) is 10.8. The molecule has 35 heavy (non-hydrogen) atoms. The monoisotopic (exact) mass is 468 g/mol. The summed E-state index contributed by atoms with van der Waals surface area (Å²) in [4.78, 5) is 17.8. The Balaban J connectivity index is 1.61. The summed E-state index contributed by atoms with van der Waals surface area (Å²) in [5, 5.41) is 4.49. The van der Waals surface area contributed by atoms with Gasteiger partial charge in [-0.25, -0.2) is 23.7 Å². The number of imidazole rings is 1. The molecule has 0 amide bonds. The molecule has 0 atom stereocenters. The van der Waals surface area contributed by atoms with Crippen molar-refractivity contribution >= 4 is 22.6 Å². The van der Waals surface area contributed by atoms with Crippen LogP contribution in [-0.4, -0.2) is 34.1 Å². The number of aryl methyl sites for hydroxylation is 1. The van der Waals surface area contributed by atoms with E-state index in [9.17, 15) is 8.78 Å². The Labute approximate surface area is 197 Å². The third kappa shape index (κ3) is 3.55. The Kier molecular flexibility index (Phi) is 4.73. The molecule has 0 spiro atoms. The maximum atomic E-state index is 14.2. The number of hydrogen-bond acceptors (Lipinski definition) is 6. The van der Waals surface area contributed by atoms with Crippen LogP contribution in [0.2, 0.25) is 0 Å². The second-order valence-corrected chi connectivity index (χ2v) is 8.13. The molecule has 172 valence electrons. The van der Waals surface area contributed by atoms with E-state index in [1.54, 1.807) is 18.5 Å². The lowest BCUT2D eigenvalue weighted by atomic mass is 9.99. The second-order valence-electron chi connectivity index (χ2n) is 8.13. The van der Waals surface area contributed by atoms with Gasteiger partial charge < -0.3 is 10.3 Å². The number of nitrogens with zero attached hydrogens (tertiary/aromatic N) is 7. The SMILES string of the molecule is Cn1cnc2ccc(-c3c(-c4ccc(F)cc4)nc(N)n4nc(Cc5ncccc5F)nc34)cc21. The van der Waals surface area contributed by atoms with Gasteiger partial charge in [-0.1, -0.05) is 6.07 Å². The zero-order valence-corrected chi connectivity index (χ0v) is 18.5. The van der Waals surface area contributed by atoms with Crippen molar-refractivity contribution in [3.8, 4) is 22.4 Å². The van der Waals surface area contributed by atoms with E-state index in [4.69, 9.17) is 10.7 Å². The van der Waals surface area contributed by atoms with Crippen LogP contribution in [0, 0.1) is 11.6 Å². The number of fused-ring (bicyclic) bond motifs is 2. The summed E-state index contributed by atoms with van der Waals surface area (Å²) in [6.45, 7) is 0. The highest BCUT2D eigenvalue weighted by molar-refractivity contribution is 5.94. The largest absolute Gasteiger partial charge is 0.368 e. The molecule has 0 unspecified atom stereocenters. The number of nitrogen functional groups attached to an aromatic ring is 1. The molecule has 4 aromatic heterocycles. The van der Waals surface area contributed by atoms with E-state index in [-0.39, 0.29) is 23.9 Å². The normalized spacial score (nSPS) is 11.5. The Hall–Kier alpha value is -4.73. The minimum atomic E-state index is -0.439. The van der Waals surface area contributed by atoms with E-state index in [0.29, 0.717) is 28.3 Å². The Morgan fingerprint density at radius 1 is 0.943 bits per heavy atom. The molecule has 2 aromatic carbocycles. The van der Waals surface area contributed by atoms with Gasteiger partial charge in [0.2, 0.25) is 5.95 Å². The molecule has 0 radical (unpaired) electrons. The van der Waals surface area contributed by atoms with Crippen LogP contribution in [0.15, 0.2) is 67.1 Å². The van der Waals surface area contributed by atoms with Crippen molar-refractivity contribution in [2.75, 3.05) is 5.73 Å². The van der Waals surface area contributed by atoms with Crippen molar-refractivity contribution in [1.29, 1.82) is 0 Å². The minimum absolute atomic E-state index is 0.0832. The first-order chi connectivity index (χ1) is 17.0. The van der Waals surface area contributed by atoms with Crippen molar-refractivity contribution in [3.63, 3.8) is 0 Å². The first kappa shape index (κ1) is 20.8. The van der Waals surface area contributed by atoms with Gasteiger partial charge in [0.25, 0.3) is 0 Å². The highest BCUT2D eigenvalue weighted by Gasteiger charge is 2.21. The van der Waals surface area contributed by atoms with Gasteiger partial charge in [0, 0.05) is 18.8 Å². The van der Waals surface area contributed by atoms with E-state index in [1.807, 2.05) is 29.8 Å². The number of hydrogen-bond donors (Lipinski definition) is 1. The van der Waals surface area contributed by atoms with E-state index in [0.717, 1.165) is 16.6 Å². The lowest BCUT2D eigenvalue weighted by Gasteiger charge is -2.12. The molecule has 0 aliphatic carbocycles. The Bertz CT molecular complexity index is 1720. The van der Waals surface area contributed by atoms with Crippen LogP contribution < -0.4 is 5.73 Å². The van der Waals surface area contributed by atoms with E-state index >= 15 is 0 Å². The minimum Gasteiger partial charge on any atom is -0.368 e. The second kappa shape index (κ2) is 7.94. The summed E-state index contributed by atoms with van der Waals surface area (Å²) in [6.07, 6.45) is 3.34. The maximum absolute atomic E-state index is 14.2. The number of aromatic nitrogens is 7. The van der Waals surface area contributed by atoms with E-state index in [1.165, 1.54) is 35.0 Å². The standard InChI is InChI=1S/C25H18F2N8/c1-34-13-30-18-9-6-15(11-20(18)34)22-23(14-4-7-16(26)8-5-14)32-25(28)35-24(22)31-21(33-35)12-19-17(27)3-2-10-29-19/h2-11,13H,12H2,1H3,(H2,28,32). The molecule has 0 aliphatic heterocycles. The fourth-order valence-corrected chi connectivity index (χ4v) is 4.14. The van der Waals surface area contributed by atoms with Crippen molar-refractivity contribution in [2.45, 2.75) is 6.42 Å². The van der Waals surface area contributed by atoms with Crippen LogP contribution in [-0.2, 0) is 13.5 Å². The van der Waals surface area contributed by atoms with Crippen molar-refractivity contribution in [2.24, 2.45) is 7.05 Å². The molecule has 6 rings (SSSR count). The summed E-state index contributed by atoms with van der Waals surface area (Å²) in [7, 11) is 1.91. The number of anilines is 1. The van der Waals surface area contributed by atoms with Crippen LogP contribution in [0.3, 0.4) is 0 Å². The summed E-state index contributed by atoms with van der Waals surface area (Å²) < 4.78 is 31.2. The first-order valence-corrected chi connectivity index (χ1v) is 10.8. The third-order valence-corrected chi connectivity index (χ3v) is 5.85. The lowest BCUT2D eigenvalue weighted by Crippen LogP contribution is -2.06. The van der Waals surface area contributed by atoms with Gasteiger partial charge in [-0.3, -0.25) is 4.98 Å².